The third-order valence-electron chi connectivity index (χ3n) is 0.865. The summed E-state index contributed by atoms with van der Waals surface area (Å²) < 4.78 is 0. The smallest absolute Gasteiger partial charge is 0.330 e. The standard InChI is InChI=1S/2C4H6O2.C2H4O3.Ti/c2*1-3(2)4(5)6;3-1-2(4)5;/h2*1H2,2H3,(H,5,6);3H,1H2,(H,4,5);. The van der Waals surface area contributed by atoms with Gasteiger partial charge in [-0.2, -0.15) is 0 Å². The molecule has 0 unspecified atom stereocenters. The summed E-state index contributed by atoms with van der Waals surface area (Å²) in [4.78, 5) is 28.3. The van der Waals surface area contributed by atoms with Gasteiger partial charge < -0.3 is 20.4 Å². The molecule has 0 bridgehead atoms. The fourth-order valence-electron chi connectivity index (χ4n) is 0. The quantitative estimate of drug-likeness (QED) is 0.436. The van der Waals surface area contributed by atoms with Crippen molar-refractivity contribution in [2.24, 2.45) is 0 Å². The Balaban J connectivity index is -0.0000000799. The summed E-state index contributed by atoms with van der Waals surface area (Å²) in [6.07, 6.45) is 0. The SMILES string of the molecule is C=C(C)C(=O)O.C=C(C)C(=O)O.O=C(O)CO.[Ti]. The van der Waals surface area contributed by atoms with Crippen molar-refractivity contribution in [2.75, 3.05) is 6.61 Å². The minimum Gasteiger partial charge on any atom is -0.480 e. The topological polar surface area (TPSA) is 132 Å². The van der Waals surface area contributed by atoms with E-state index in [2.05, 4.69) is 13.2 Å². The number of aliphatic carboxylic acids is 3. The maximum atomic E-state index is 9.60. The zero-order chi connectivity index (χ0) is 14.6. The molecule has 0 saturated heterocycles. The van der Waals surface area contributed by atoms with Crippen LogP contribution in [-0.2, 0) is 36.1 Å². The second-order valence-electron chi connectivity index (χ2n) is 2.72. The molecule has 0 heterocycles. The molecule has 0 radical (unpaired) electrons. The molecule has 0 aromatic carbocycles. The van der Waals surface area contributed by atoms with Gasteiger partial charge in [0.1, 0.15) is 6.61 Å². The maximum Gasteiger partial charge on any atom is 0.330 e. The van der Waals surface area contributed by atoms with E-state index in [0.29, 0.717) is 0 Å². The molecule has 18 heavy (non-hydrogen) atoms. The van der Waals surface area contributed by atoms with Crippen molar-refractivity contribution in [1.29, 1.82) is 0 Å². The van der Waals surface area contributed by atoms with Crippen LogP contribution in [0.4, 0.5) is 0 Å². The van der Waals surface area contributed by atoms with E-state index in [0.717, 1.165) is 0 Å². The predicted molar refractivity (Wildman–Crippen MR) is 59.6 cm³/mol. The van der Waals surface area contributed by atoms with Crippen LogP contribution >= 0.6 is 0 Å². The van der Waals surface area contributed by atoms with Crippen molar-refractivity contribution in [3.05, 3.63) is 24.3 Å². The van der Waals surface area contributed by atoms with Crippen LogP contribution in [0.1, 0.15) is 13.8 Å². The van der Waals surface area contributed by atoms with Crippen LogP contribution in [0.25, 0.3) is 0 Å². The first-order chi connectivity index (χ1) is 7.56. The Morgan fingerprint density at radius 2 is 1.00 bits per heavy atom. The number of aliphatic hydroxyl groups excluding tert-OH is 1. The molecule has 0 atom stereocenters. The Bertz CT molecular complexity index is 261. The molecule has 0 fully saturated rings. The first kappa shape index (κ1) is 25.4. The van der Waals surface area contributed by atoms with Gasteiger partial charge in [0.05, 0.1) is 0 Å². The van der Waals surface area contributed by atoms with Crippen molar-refractivity contribution in [3.8, 4) is 0 Å². The number of aliphatic hydroxyl groups is 1. The Kier molecular flexibility index (Phi) is 22.0. The molecule has 0 saturated carbocycles. The summed E-state index contributed by atoms with van der Waals surface area (Å²) in [5.74, 6) is -3.06. The average molecular weight is 296 g/mol. The molecule has 0 aromatic heterocycles. The van der Waals surface area contributed by atoms with Crippen LogP contribution in [0, 0.1) is 0 Å². The van der Waals surface area contributed by atoms with Crippen molar-refractivity contribution < 1.29 is 56.5 Å². The number of carboxylic acids is 3. The van der Waals surface area contributed by atoms with Crippen LogP contribution < -0.4 is 0 Å². The second-order valence-corrected chi connectivity index (χ2v) is 2.72. The van der Waals surface area contributed by atoms with E-state index in [4.69, 9.17) is 25.2 Å². The molecule has 0 amide bonds. The first-order valence-electron chi connectivity index (χ1n) is 4.16. The molecule has 7 nitrogen and oxygen atoms in total. The van der Waals surface area contributed by atoms with Gasteiger partial charge in [-0.15, -0.1) is 0 Å². The van der Waals surface area contributed by atoms with Crippen molar-refractivity contribution in [1.82, 2.24) is 0 Å². The summed E-state index contributed by atoms with van der Waals surface area (Å²) >= 11 is 0. The Labute approximate surface area is 119 Å². The number of hydrogen-bond donors (Lipinski definition) is 4. The van der Waals surface area contributed by atoms with E-state index >= 15 is 0 Å². The molecule has 0 aliphatic rings. The minimum atomic E-state index is -1.19. The summed E-state index contributed by atoms with van der Waals surface area (Å²) in [5.41, 5.74) is 0.352. The van der Waals surface area contributed by atoms with Crippen LogP contribution in [0.2, 0.25) is 0 Å². The number of hydrogen-bond acceptors (Lipinski definition) is 4. The van der Waals surface area contributed by atoms with E-state index in [1.807, 2.05) is 0 Å². The van der Waals surface area contributed by atoms with Crippen LogP contribution in [-0.4, -0.2) is 44.9 Å². The van der Waals surface area contributed by atoms with Crippen molar-refractivity contribution in [2.45, 2.75) is 13.8 Å². The van der Waals surface area contributed by atoms with E-state index in [9.17, 15) is 9.59 Å². The molecule has 8 heteroatoms. The van der Waals surface area contributed by atoms with Gasteiger partial charge in [0.15, 0.2) is 0 Å². The monoisotopic (exact) mass is 296 g/mol. The van der Waals surface area contributed by atoms with Crippen LogP contribution in [0.5, 0.6) is 0 Å². The summed E-state index contributed by atoms with van der Waals surface area (Å²) in [6.45, 7) is 8.43. The molecule has 0 aliphatic heterocycles. The van der Waals surface area contributed by atoms with E-state index < -0.39 is 24.5 Å². The maximum absolute atomic E-state index is 9.60. The first-order valence-corrected chi connectivity index (χ1v) is 4.16. The van der Waals surface area contributed by atoms with Gasteiger partial charge in [-0.05, 0) is 13.8 Å². The summed E-state index contributed by atoms with van der Waals surface area (Å²) in [5, 5.41) is 30.8. The van der Waals surface area contributed by atoms with Crippen LogP contribution in [0.3, 0.4) is 0 Å². The summed E-state index contributed by atoms with van der Waals surface area (Å²) in [6, 6.07) is 0. The molecule has 4 N–H and O–H groups in total. The third-order valence-corrected chi connectivity index (χ3v) is 0.865. The predicted octanol–water partition coefficient (Wildman–Crippen LogP) is 0.355. The Morgan fingerprint density at radius 1 is 0.889 bits per heavy atom. The molecular weight excluding hydrogens is 280 g/mol. The number of carboxylic acid groups (broad SMARTS) is 3. The molecule has 0 rings (SSSR count). The van der Waals surface area contributed by atoms with Gasteiger partial charge in [-0.1, -0.05) is 13.2 Å². The fraction of sp³-hybridized carbons (Fsp3) is 0.300. The van der Waals surface area contributed by atoms with Crippen molar-refractivity contribution in [3.63, 3.8) is 0 Å². The molecule has 0 aromatic rings. The van der Waals surface area contributed by atoms with E-state index in [-0.39, 0.29) is 32.9 Å². The van der Waals surface area contributed by atoms with Crippen LogP contribution in [0.15, 0.2) is 24.3 Å². The van der Waals surface area contributed by atoms with Gasteiger partial charge in [0.2, 0.25) is 0 Å². The molecule has 0 aliphatic carbocycles. The molecule has 0 spiro atoms. The second kappa shape index (κ2) is 15.6. The number of rotatable bonds is 3. The third kappa shape index (κ3) is 36.5. The van der Waals surface area contributed by atoms with Gasteiger partial charge in [0.25, 0.3) is 0 Å². The van der Waals surface area contributed by atoms with E-state index in [1.165, 1.54) is 13.8 Å². The normalized spacial score (nSPS) is 7.06. The summed E-state index contributed by atoms with van der Waals surface area (Å²) in [7, 11) is 0. The number of carbonyl (C=O) groups is 3. The zero-order valence-corrected chi connectivity index (χ0v) is 11.7. The van der Waals surface area contributed by atoms with Crippen molar-refractivity contribution >= 4 is 17.9 Å². The van der Waals surface area contributed by atoms with E-state index in [1.54, 1.807) is 0 Å². The van der Waals surface area contributed by atoms with Gasteiger partial charge in [0, 0.05) is 32.9 Å². The minimum absolute atomic E-state index is 0. The molecule has 102 valence electrons. The molecular formula is C10H16O7Ti. The Hall–Kier alpha value is -1.44. The largest absolute Gasteiger partial charge is 0.480 e. The van der Waals surface area contributed by atoms with Gasteiger partial charge in [-0.3, -0.25) is 0 Å². The zero-order valence-electron chi connectivity index (χ0n) is 10.1. The fourth-order valence-corrected chi connectivity index (χ4v) is 0. The Morgan fingerprint density at radius 3 is 1.00 bits per heavy atom. The van der Waals surface area contributed by atoms with Gasteiger partial charge in [-0.25, -0.2) is 14.4 Å². The van der Waals surface area contributed by atoms with Gasteiger partial charge >= 0.3 is 17.9 Å². The average Bonchev–Trinajstić information content (AvgIpc) is 2.19.